The van der Waals surface area contributed by atoms with E-state index in [4.69, 9.17) is 4.74 Å². The van der Waals surface area contributed by atoms with Gasteiger partial charge in [0, 0.05) is 0 Å². The number of carbonyl (C=O) groups is 1. The molecule has 1 aliphatic rings. The predicted octanol–water partition coefficient (Wildman–Crippen LogP) is 2.25. The zero-order valence-electron chi connectivity index (χ0n) is 12.5. The Morgan fingerprint density at radius 2 is 1.79 bits per heavy atom. The zero-order chi connectivity index (χ0) is 14.3. The van der Waals surface area contributed by atoms with E-state index in [1.165, 1.54) is 25.7 Å². The van der Waals surface area contributed by atoms with Crippen molar-refractivity contribution in [2.45, 2.75) is 77.5 Å². The third-order valence-electron chi connectivity index (χ3n) is 3.90. The van der Waals surface area contributed by atoms with Crippen LogP contribution in [0.4, 0.5) is 0 Å². The first-order valence-corrected chi connectivity index (χ1v) is 7.61. The lowest BCUT2D eigenvalue weighted by atomic mass is 10.1. The van der Waals surface area contributed by atoms with Crippen LogP contribution in [0.3, 0.4) is 0 Å². The third kappa shape index (κ3) is 5.91. The molecule has 1 aliphatic carbocycles. The average Bonchev–Trinajstić information content (AvgIpc) is 2.63. The van der Waals surface area contributed by atoms with E-state index in [1.807, 2.05) is 13.8 Å². The van der Waals surface area contributed by atoms with Crippen LogP contribution in [-0.2, 0) is 9.53 Å². The second kappa shape index (κ2) is 8.54. The van der Waals surface area contributed by atoms with Crippen LogP contribution < -0.4 is 5.32 Å². The maximum atomic E-state index is 12.0. The smallest absolute Gasteiger partial charge is 0.249 e. The highest BCUT2D eigenvalue weighted by molar-refractivity contribution is 5.80. The van der Waals surface area contributed by atoms with E-state index >= 15 is 0 Å². The molecule has 0 unspecified atom stereocenters. The van der Waals surface area contributed by atoms with Crippen LogP contribution in [-0.4, -0.2) is 35.9 Å². The van der Waals surface area contributed by atoms with Gasteiger partial charge in [0.2, 0.25) is 5.91 Å². The van der Waals surface area contributed by atoms with Crippen molar-refractivity contribution in [2.75, 3.05) is 6.61 Å². The van der Waals surface area contributed by atoms with Crippen LogP contribution >= 0.6 is 0 Å². The molecule has 0 aromatic carbocycles. The summed E-state index contributed by atoms with van der Waals surface area (Å²) in [6, 6.07) is -0.187. The number of hydrogen-bond donors (Lipinski definition) is 2. The monoisotopic (exact) mass is 271 g/mol. The molecule has 0 spiro atoms. The van der Waals surface area contributed by atoms with Crippen molar-refractivity contribution in [3.8, 4) is 0 Å². The van der Waals surface area contributed by atoms with Crippen LogP contribution in [0.25, 0.3) is 0 Å². The van der Waals surface area contributed by atoms with Gasteiger partial charge < -0.3 is 15.2 Å². The molecule has 0 saturated heterocycles. The van der Waals surface area contributed by atoms with Crippen LogP contribution in [0.2, 0.25) is 0 Å². The molecule has 0 aliphatic heterocycles. The number of nitrogens with one attached hydrogen (secondary N) is 1. The Labute approximate surface area is 116 Å². The van der Waals surface area contributed by atoms with Crippen molar-refractivity contribution in [1.29, 1.82) is 0 Å². The van der Waals surface area contributed by atoms with Gasteiger partial charge in [0.05, 0.1) is 18.8 Å². The highest BCUT2D eigenvalue weighted by atomic mass is 16.5. The maximum Gasteiger partial charge on any atom is 0.249 e. The van der Waals surface area contributed by atoms with E-state index in [-0.39, 0.29) is 30.6 Å². The SMILES string of the molecule is CC(C)[C@@H](CO)NC(=O)[C@H](C)OC1CCCCCC1. The molecule has 0 radical (unpaired) electrons. The number of aliphatic hydroxyl groups excluding tert-OH is 1. The second-order valence-corrected chi connectivity index (χ2v) is 5.93. The molecule has 19 heavy (non-hydrogen) atoms. The minimum Gasteiger partial charge on any atom is -0.394 e. The summed E-state index contributed by atoms with van der Waals surface area (Å²) in [5.41, 5.74) is 0. The minimum absolute atomic E-state index is 0.0282. The molecule has 0 heterocycles. The molecule has 0 aromatic heterocycles. The fourth-order valence-corrected chi connectivity index (χ4v) is 2.45. The van der Waals surface area contributed by atoms with Gasteiger partial charge in [-0.2, -0.15) is 0 Å². The molecule has 1 amide bonds. The Balaban J connectivity index is 2.38. The first-order chi connectivity index (χ1) is 9.04. The molecule has 0 aromatic rings. The summed E-state index contributed by atoms with van der Waals surface area (Å²) in [6.07, 6.45) is 6.86. The van der Waals surface area contributed by atoms with Crippen molar-refractivity contribution >= 4 is 5.91 Å². The molecule has 4 nitrogen and oxygen atoms in total. The molecule has 112 valence electrons. The normalized spacial score (nSPS) is 20.9. The summed E-state index contributed by atoms with van der Waals surface area (Å²) in [6.45, 7) is 5.74. The number of amides is 1. The first-order valence-electron chi connectivity index (χ1n) is 7.61. The largest absolute Gasteiger partial charge is 0.394 e. The fraction of sp³-hybridized carbons (Fsp3) is 0.933. The Bertz CT molecular complexity index is 260. The summed E-state index contributed by atoms with van der Waals surface area (Å²) in [5, 5.41) is 12.1. The van der Waals surface area contributed by atoms with Gasteiger partial charge in [0.15, 0.2) is 0 Å². The van der Waals surface area contributed by atoms with Crippen LogP contribution in [0.5, 0.6) is 0 Å². The van der Waals surface area contributed by atoms with Crippen molar-refractivity contribution in [1.82, 2.24) is 5.32 Å². The minimum atomic E-state index is -0.434. The Hall–Kier alpha value is -0.610. The number of carbonyl (C=O) groups excluding carboxylic acids is 1. The van der Waals surface area contributed by atoms with Gasteiger partial charge in [0.1, 0.15) is 6.10 Å². The van der Waals surface area contributed by atoms with Crippen LogP contribution in [0.1, 0.15) is 59.3 Å². The third-order valence-corrected chi connectivity index (χ3v) is 3.90. The number of hydrogen-bond acceptors (Lipinski definition) is 3. The molecular formula is C15H29NO3. The first kappa shape index (κ1) is 16.4. The summed E-state index contributed by atoms with van der Waals surface area (Å²) in [5.74, 6) is 0.107. The molecule has 4 heteroatoms. The van der Waals surface area contributed by atoms with Gasteiger partial charge >= 0.3 is 0 Å². The average molecular weight is 271 g/mol. The van der Waals surface area contributed by atoms with Gasteiger partial charge in [-0.1, -0.05) is 39.5 Å². The highest BCUT2D eigenvalue weighted by Crippen LogP contribution is 2.21. The molecular weight excluding hydrogens is 242 g/mol. The molecule has 2 atom stereocenters. The van der Waals surface area contributed by atoms with E-state index < -0.39 is 6.10 Å². The van der Waals surface area contributed by atoms with Gasteiger partial charge in [-0.05, 0) is 25.7 Å². The molecule has 1 saturated carbocycles. The van der Waals surface area contributed by atoms with Crippen molar-refractivity contribution in [3.63, 3.8) is 0 Å². The van der Waals surface area contributed by atoms with E-state index in [0.717, 1.165) is 12.8 Å². The lowest BCUT2D eigenvalue weighted by molar-refractivity contribution is -0.137. The molecule has 1 fully saturated rings. The molecule has 0 bridgehead atoms. The van der Waals surface area contributed by atoms with E-state index in [9.17, 15) is 9.90 Å². The summed E-state index contributed by atoms with van der Waals surface area (Å²) in [7, 11) is 0. The molecule has 1 rings (SSSR count). The second-order valence-electron chi connectivity index (χ2n) is 5.93. The quantitative estimate of drug-likeness (QED) is 0.728. The van der Waals surface area contributed by atoms with Crippen molar-refractivity contribution in [2.24, 2.45) is 5.92 Å². The summed E-state index contributed by atoms with van der Waals surface area (Å²) < 4.78 is 5.86. The van der Waals surface area contributed by atoms with Crippen molar-refractivity contribution in [3.05, 3.63) is 0 Å². The van der Waals surface area contributed by atoms with Gasteiger partial charge in [-0.15, -0.1) is 0 Å². The summed E-state index contributed by atoms with van der Waals surface area (Å²) >= 11 is 0. The topological polar surface area (TPSA) is 58.6 Å². The number of rotatable bonds is 6. The highest BCUT2D eigenvalue weighted by Gasteiger charge is 2.23. The molecule has 2 N–H and O–H groups in total. The zero-order valence-corrected chi connectivity index (χ0v) is 12.5. The van der Waals surface area contributed by atoms with Crippen molar-refractivity contribution < 1.29 is 14.6 Å². The standard InChI is InChI=1S/C15H29NO3/c1-11(2)14(10-17)16-15(18)12(3)19-13-8-6-4-5-7-9-13/h11-14,17H,4-10H2,1-3H3,(H,16,18)/t12-,14+/m0/s1. The van der Waals surface area contributed by atoms with E-state index in [1.54, 1.807) is 6.92 Å². The maximum absolute atomic E-state index is 12.0. The van der Waals surface area contributed by atoms with Gasteiger partial charge in [0.25, 0.3) is 0 Å². The number of ether oxygens (including phenoxy) is 1. The lowest BCUT2D eigenvalue weighted by Crippen LogP contribution is -2.46. The Morgan fingerprint density at radius 3 is 2.26 bits per heavy atom. The summed E-state index contributed by atoms with van der Waals surface area (Å²) in [4.78, 5) is 12.0. The van der Waals surface area contributed by atoms with E-state index in [2.05, 4.69) is 5.32 Å². The number of aliphatic hydroxyl groups is 1. The Kier molecular flexibility index (Phi) is 7.39. The lowest BCUT2D eigenvalue weighted by Gasteiger charge is -2.25. The van der Waals surface area contributed by atoms with Gasteiger partial charge in [-0.3, -0.25) is 4.79 Å². The Morgan fingerprint density at radius 1 is 1.21 bits per heavy atom. The van der Waals surface area contributed by atoms with Crippen LogP contribution in [0, 0.1) is 5.92 Å². The predicted molar refractivity (Wildman–Crippen MR) is 75.9 cm³/mol. The fourth-order valence-electron chi connectivity index (χ4n) is 2.45. The van der Waals surface area contributed by atoms with E-state index in [0.29, 0.717) is 0 Å². The van der Waals surface area contributed by atoms with Crippen LogP contribution in [0.15, 0.2) is 0 Å². The van der Waals surface area contributed by atoms with Gasteiger partial charge in [-0.25, -0.2) is 0 Å².